The fraction of sp³-hybridized carbons (Fsp3) is 0.100. The Labute approximate surface area is 213 Å². The lowest BCUT2D eigenvalue weighted by molar-refractivity contribution is -0.166. The summed E-state index contributed by atoms with van der Waals surface area (Å²) in [6.07, 6.45) is 2.10. The summed E-state index contributed by atoms with van der Waals surface area (Å²) in [6.45, 7) is 0. The molecule has 5 rings (SSSR count). The standard InChI is InChI=1S/C30H24BrNO3/c1-35-29(33)30(34,23-13-6-3-7-14-23)28-26-15-9-8-12-22(26)20-27(21-10-4-2-5-11-21)32(28)25-18-16-24(31)17-19-25/h2-20,28,34H,1H3. The molecule has 1 aliphatic rings. The first-order valence-corrected chi connectivity index (χ1v) is 12.1. The summed E-state index contributed by atoms with van der Waals surface area (Å²) in [5.41, 5.74) is 2.90. The molecule has 1 heterocycles. The molecule has 2 unspecified atom stereocenters. The fourth-order valence-corrected chi connectivity index (χ4v) is 5.02. The highest BCUT2D eigenvalue weighted by Crippen LogP contribution is 2.50. The zero-order valence-corrected chi connectivity index (χ0v) is 20.7. The predicted molar refractivity (Wildman–Crippen MR) is 142 cm³/mol. The van der Waals surface area contributed by atoms with Gasteiger partial charge in [-0.3, -0.25) is 0 Å². The quantitative estimate of drug-likeness (QED) is 0.299. The normalized spacial score (nSPS) is 16.6. The minimum atomic E-state index is -1.99. The number of anilines is 1. The van der Waals surface area contributed by atoms with Crippen LogP contribution >= 0.6 is 15.9 Å². The molecule has 4 aromatic rings. The molecular formula is C30H24BrNO3. The molecule has 4 nitrogen and oxygen atoms in total. The zero-order valence-electron chi connectivity index (χ0n) is 19.1. The van der Waals surface area contributed by atoms with E-state index in [0.717, 1.165) is 32.5 Å². The van der Waals surface area contributed by atoms with E-state index in [1.807, 2.05) is 102 Å². The van der Waals surface area contributed by atoms with Crippen LogP contribution in [0.15, 0.2) is 114 Å². The Morgan fingerprint density at radius 3 is 2.11 bits per heavy atom. The minimum Gasteiger partial charge on any atom is -0.467 e. The van der Waals surface area contributed by atoms with E-state index in [2.05, 4.69) is 22.0 Å². The Morgan fingerprint density at radius 1 is 0.857 bits per heavy atom. The average Bonchev–Trinajstić information content (AvgIpc) is 2.92. The van der Waals surface area contributed by atoms with Crippen LogP contribution in [0.25, 0.3) is 11.8 Å². The average molecular weight is 526 g/mol. The Balaban J connectivity index is 1.85. The van der Waals surface area contributed by atoms with Crippen LogP contribution in [0.3, 0.4) is 0 Å². The lowest BCUT2D eigenvalue weighted by atomic mass is 9.77. The third kappa shape index (κ3) is 4.07. The van der Waals surface area contributed by atoms with Crippen molar-refractivity contribution in [3.63, 3.8) is 0 Å². The number of fused-ring (bicyclic) bond motifs is 1. The number of hydrogen-bond donors (Lipinski definition) is 1. The molecule has 35 heavy (non-hydrogen) atoms. The van der Waals surface area contributed by atoms with Gasteiger partial charge >= 0.3 is 5.97 Å². The number of halogens is 1. The van der Waals surface area contributed by atoms with Crippen LogP contribution in [0.2, 0.25) is 0 Å². The van der Waals surface area contributed by atoms with Crippen molar-refractivity contribution < 1.29 is 14.6 Å². The van der Waals surface area contributed by atoms with Gasteiger partial charge in [0.1, 0.15) is 6.04 Å². The van der Waals surface area contributed by atoms with Crippen molar-refractivity contribution in [2.24, 2.45) is 0 Å². The molecule has 5 heteroatoms. The molecule has 174 valence electrons. The van der Waals surface area contributed by atoms with E-state index in [0.29, 0.717) is 5.56 Å². The maximum Gasteiger partial charge on any atom is 0.345 e. The molecule has 0 fully saturated rings. The third-order valence-electron chi connectivity index (χ3n) is 6.38. The largest absolute Gasteiger partial charge is 0.467 e. The van der Waals surface area contributed by atoms with Gasteiger partial charge in [0.15, 0.2) is 0 Å². The number of benzene rings is 4. The SMILES string of the molecule is COC(=O)C(O)(c1ccccc1)C1c2ccccc2C=C(c2ccccc2)N1c1ccc(Br)cc1. The van der Waals surface area contributed by atoms with Gasteiger partial charge in [0.2, 0.25) is 5.60 Å². The van der Waals surface area contributed by atoms with Gasteiger partial charge in [0.05, 0.1) is 7.11 Å². The summed E-state index contributed by atoms with van der Waals surface area (Å²) < 4.78 is 6.18. The molecule has 0 bridgehead atoms. The zero-order chi connectivity index (χ0) is 24.4. The van der Waals surface area contributed by atoms with E-state index in [4.69, 9.17) is 4.74 Å². The van der Waals surface area contributed by atoms with Crippen LogP contribution in [0.1, 0.15) is 28.3 Å². The highest BCUT2D eigenvalue weighted by Gasteiger charge is 2.53. The van der Waals surface area contributed by atoms with Gasteiger partial charge in [0.25, 0.3) is 0 Å². The Bertz CT molecular complexity index is 1370. The lowest BCUT2D eigenvalue weighted by Crippen LogP contribution is -2.50. The highest BCUT2D eigenvalue weighted by atomic mass is 79.9. The van der Waals surface area contributed by atoms with Crippen molar-refractivity contribution in [1.82, 2.24) is 0 Å². The Morgan fingerprint density at radius 2 is 1.46 bits per heavy atom. The molecule has 1 aliphatic heterocycles. The van der Waals surface area contributed by atoms with Crippen molar-refractivity contribution in [2.45, 2.75) is 11.6 Å². The predicted octanol–water partition coefficient (Wildman–Crippen LogP) is 6.57. The van der Waals surface area contributed by atoms with E-state index in [9.17, 15) is 9.90 Å². The second-order valence-electron chi connectivity index (χ2n) is 8.40. The van der Waals surface area contributed by atoms with Gasteiger partial charge < -0.3 is 14.7 Å². The molecule has 0 saturated heterocycles. The molecule has 0 radical (unpaired) electrons. The third-order valence-corrected chi connectivity index (χ3v) is 6.91. The van der Waals surface area contributed by atoms with E-state index in [-0.39, 0.29) is 0 Å². The molecule has 2 atom stereocenters. The molecule has 0 aliphatic carbocycles. The Kier molecular flexibility index (Phi) is 6.29. The van der Waals surface area contributed by atoms with Gasteiger partial charge in [0, 0.05) is 15.9 Å². The van der Waals surface area contributed by atoms with Crippen molar-refractivity contribution in [3.05, 3.63) is 136 Å². The summed E-state index contributed by atoms with van der Waals surface area (Å²) in [6, 6.07) is 33.9. The molecule has 1 N–H and O–H groups in total. The maximum absolute atomic E-state index is 13.5. The lowest BCUT2D eigenvalue weighted by Gasteiger charge is -2.46. The van der Waals surface area contributed by atoms with Gasteiger partial charge in [-0.05, 0) is 52.6 Å². The number of ether oxygens (including phenoxy) is 1. The number of carbonyl (C=O) groups is 1. The van der Waals surface area contributed by atoms with Crippen LogP contribution in [0.5, 0.6) is 0 Å². The number of hydrogen-bond acceptors (Lipinski definition) is 4. The smallest absolute Gasteiger partial charge is 0.345 e. The monoisotopic (exact) mass is 525 g/mol. The summed E-state index contributed by atoms with van der Waals surface area (Å²) >= 11 is 3.52. The molecule has 0 aromatic heterocycles. The first kappa shape index (κ1) is 23.1. The topological polar surface area (TPSA) is 49.8 Å². The number of rotatable bonds is 5. The van der Waals surface area contributed by atoms with E-state index >= 15 is 0 Å². The van der Waals surface area contributed by atoms with Crippen molar-refractivity contribution >= 4 is 39.4 Å². The molecule has 0 spiro atoms. The summed E-state index contributed by atoms with van der Waals surface area (Å²) in [5.74, 6) is -0.722. The van der Waals surface area contributed by atoms with E-state index in [1.54, 1.807) is 12.1 Å². The van der Waals surface area contributed by atoms with E-state index < -0.39 is 17.6 Å². The van der Waals surface area contributed by atoms with Crippen LogP contribution in [-0.2, 0) is 15.1 Å². The second kappa shape index (κ2) is 9.53. The summed E-state index contributed by atoms with van der Waals surface area (Å²) in [7, 11) is 1.31. The first-order chi connectivity index (χ1) is 17.0. The molecule has 4 aromatic carbocycles. The van der Waals surface area contributed by atoms with Gasteiger partial charge in [-0.25, -0.2) is 4.79 Å². The molecule has 0 amide bonds. The van der Waals surface area contributed by atoms with Crippen LogP contribution in [0, 0.1) is 0 Å². The second-order valence-corrected chi connectivity index (χ2v) is 9.31. The molecule has 0 saturated carbocycles. The summed E-state index contributed by atoms with van der Waals surface area (Å²) in [5, 5.41) is 12.4. The number of aliphatic hydroxyl groups is 1. The highest BCUT2D eigenvalue weighted by molar-refractivity contribution is 9.10. The Hall–Kier alpha value is -3.67. The van der Waals surface area contributed by atoms with E-state index in [1.165, 1.54) is 7.11 Å². The number of methoxy groups -OCH3 is 1. The number of esters is 1. The van der Waals surface area contributed by atoms with Gasteiger partial charge in [-0.1, -0.05) is 101 Å². The van der Waals surface area contributed by atoms with Crippen molar-refractivity contribution in [1.29, 1.82) is 0 Å². The minimum absolute atomic E-state index is 0.461. The van der Waals surface area contributed by atoms with Crippen molar-refractivity contribution in [2.75, 3.05) is 12.0 Å². The van der Waals surface area contributed by atoms with Crippen LogP contribution in [0.4, 0.5) is 5.69 Å². The van der Waals surface area contributed by atoms with Crippen LogP contribution < -0.4 is 4.90 Å². The molecular weight excluding hydrogens is 502 g/mol. The summed E-state index contributed by atoms with van der Waals surface area (Å²) in [4.78, 5) is 15.5. The van der Waals surface area contributed by atoms with Gasteiger partial charge in [-0.2, -0.15) is 0 Å². The maximum atomic E-state index is 13.5. The first-order valence-electron chi connectivity index (χ1n) is 11.3. The number of carbonyl (C=O) groups excluding carboxylic acids is 1. The number of nitrogens with zero attached hydrogens (tertiary/aromatic N) is 1. The fourth-order valence-electron chi connectivity index (χ4n) is 4.75. The van der Waals surface area contributed by atoms with Gasteiger partial charge in [-0.15, -0.1) is 0 Å². The van der Waals surface area contributed by atoms with Crippen LogP contribution in [-0.4, -0.2) is 18.2 Å². The van der Waals surface area contributed by atoms with Crippen molar-refractivity contribution in [3.8, 4) is 0 Å².